The highest BCUT2D eigenvalue weighted by Gasteiger charge is 2.23. The van der Waals surface area contributed by atoms with Gasteiger partial charge in [0.1, 0.15) is 11.4 Å². The molecule has 5 heteroatoms. The molecule has 1 atom stereocenters. The average Bonchev–Trinajstić information content (AvgIpc) is 2.97. The highest BCUT2D eigenvalue weighted by atomic mass is 16.5. The Bertz CT molecular complexity index is 945. The summed E-state index contributed by atoms with van der Waals surface area (Å²) in [7, 11) is 0. The minimum absolute atomic E-state index is 0.0282. The van der Waals surface area contributed by atoms with Crippen molar-refractivity contribution in [1.29, 1.82) is 0 Å². The molecule has 1 aliphatic rings. The Labute approximate surface area is 146 Å². The third kappa shape index (κ3) is 2.97. The number of rotatable bonds is 3. The van der Waals surface area contributed by atoms with Gasteiger partial charge in [0.05, 0.1) is 19.1 Å². The lowest BCUT2D eigenvalue weighted by atomic mass is 10.00. The maximum absolute atomic E-state index is 12.6. The van der Waals surface area contributed by atoms with Crippen LogP contribution in [0.4, 0.5) is 0 Å². The van der Waals surface area contributed by atoms with Crippen molar-refractivity contribution >= 4 is 16.9 Å². The minimum Gasteiger partial charge on any atom is -0.493 e. The molecule has 5 nitrogen and oxygen atoms in total. The van der Waals surface area contributed by atoms with Crippen LogP contribution >= 0.6 is 0 Å². The van der Waals surface area contributed by atoms with E-state index in [-0.39, 0.29) is 18.4 Å². The van der Waals surface area contributed by atoms with Gasteiger partial charge < -0.3 is 14.6 Å². The van der Waals surface area contributed by atoms with Crippen LogP contribution in [-0.4, -0.2) is 17.7 Å². The minimum atomic E-state index is -0.0601. The van der Waals surface area contributed by atoms with Crippen molar-refractivity contribution in [3.63, 3.8) is 0 Å². The number of carbonyl (C=O) groups excluding carboxylic acids is 1. The molecule has 2 aromatic carbocycles. The smallest absolute Gasteiger partial charge is 0.226 e. The summed E-state index contributed by atoms with van der Waals surface area (Å²) in [5, 5.41) is 8.11. The molecule has 25 heavy (non-hydrogen) atoms. The number of nitrogens with one attached hydrogen (secondary N) is 1. The second kappa shape index (κ2) is 6.24. The zero-order valence-corrected chi connectivity index (χ0v) is 14.3. The van der Waals surface area contributed by atoms with Gasteiger partial charge in [-0.1, -0.05) is 23.4 Å². The lowest BCUT2D eigenvalue weighted by molar-refractivity contribution is -0.121. The van der Waals surface area contributed by atoms with Gasteiger partial charge >= 0.3 is 0 Å². The van der Waals surface area contributed by atoms with Gasteiger partial charge in [-0.05, 0) is 43.2 Å². The first kappa shape index (κ1) is 15.7. The lowest BCUT2D eigenvalue weighted by Crippen LogP contribution is -2.33. The maximum Gasteiger partial charge on any atom is 0.226 e. The van der Waals surface area contributed by atoms with E-state index in [1.165, 1.54) is 0 Å². The van der Waals surface area contributed by atoms with E-state index >= 15 is 0 Å². The molecule has 128 valence electrons. The van der Waals surface area contributed by atoms with Gasteiger partial charge in [0.15, 0.2) is 5.58 Å². The number of nitrogens with zero attached hydrogens (tertiary/aromatic N) is 1. The SMILES string of the molecule is Cc1cc2onc(CC(=O)NC3CCOc4ccccc43)c2cc1C. The maximum atomic E-state index is 12.6. The highest BCUT2D eigenvalue weighted by Crippen LogP contribution is 2.31. The number of ether oxygens (including phenoxy) is 1. The molecular formula is C20H20N2O3. The Morgan fingerprint density at radius 2 is 2.04 bits per heavy atom. The molecule has 0 fully saturated rings. The zero-order valence-electron chi connectivity index (χ0n) is 14.3. The van der Waals surface area contributed by atoms with Crippen LogP contribution < -0.4 is 10.1 Å². The third-order valence-corrected chi connectivity index (χ3v) is 4.78. The van der Waals surface area contributed by atoms with Crippen LogP contribution in [0.1, 0.15) is 34.8 Å². The summed E-state index contributed by atoms with van der Waals surface area (Å²) in [5.41, 5.74) is 4.74. The normalized spacial score (nSPS) is 16.3. The van der Waals surface area contributed by atoms with Gasteiger partial charge in [0.25, 0.3) is 0 Å². The first-order valence-corrected chi connectivity index (χ1v) is 8.48. The molecule has 1 unspecified atom stereocenters. The average molecular weight is 336 g/mol. The van der Waals surface area contributed by atoms with Crippen molar-refractivity contribution in [2.45, 2.75) is 32.7 Å². The number of carbonyl (C=O) groups is 1. The monoisotopic (exact) mass is 336 g/mol. The fourth-order valence-corrected chi connectivity index (χ4v) is 3.26. The topological polar surface area (TPSA) is 64.4 Å². The van der Waals surface area contributed by atoms with E-state index in [0.717, 1.165) is 39.8 Å². The van der Waals surface area contributed by atoms with E-state index in [1.807, 2.05) is 50.2 Å². The largest absolute Gasteiger partial charge is 0.493 e. The number of hydrogen-bond acceptors (Lipinski definition) is 4. The van der Waals surface area contributed by atoms with Crippen LogP contribution in [0, 0.1) is 13.8 Å². The summed E-state index contributed by atoms with van der Waals surface area (Å²) in [4.78, 5) is 12.6. The van der Waals surface area contributed by atoms with Crippen molar-refractivity contribution in [2.75, 3.05) is 6.61 Å². The molecule has 1 N–H and O–H groups in total. The molecule has 1 amide bonds. The third-order valence-electron chi connectivity index (χ3n) is 4.78. The molecule has 1 aromatic heterocycles. The first-order chi connectivity index (χ1) is 12.1. The Morgan fingerprint density at radius 1 is 1.24 bits per heavy atom. The van der Waals surface area contributed by atoms with E-state index in [4.69, 9.17) is 9.26 Å². The van der Waals surface area contributed by atoms with Crippen molar-refractivity contribution in [2.24, 2.45) is 0 Å². The van der Waals surface area contributed by atoms with Crippen molar-refractivity contribution < 1.29 is 14.1 Å². The standard InChI is InChI=1S/C20H20N2O3/c1-12-9-15-17(22-25-19(15)10-13(12)2)11-20(23)21-16-7-8-24-18-6-4-3-5-14(16)18/h3-6,9-10,16H,7-8,11H2,1-2H3,(H,21,23). The lowest BCUT2D eigenvalue weighted by Gasteiger charge is -2.26. The Balaban J connectivity index is 1.53. The van der Waals surface area contributed by atoms with Crippen LogP contribution in [0.25, 0.3) is 11.0 Å². The summed E-state index contributed by atoms with van der Waals surface area (Å²) >= 11 is 0. The quantitative estimate of drug-likeness (QED) is 0.793. The number of fused-ring (bicyclic) bond motifs is 2. The molecule has 3 aromatic rings. The molecule has 0 bridgehead atoms. The Morgan fingerprint density at radius 3 is 2.92 bits per heavy atom. The number of benzene rings is 2. The van der Waals surface area contributed by atoms with Gasteiger partial charge in [-0.3, -0.25) is 4.79 Å². The van der Waals surface area contributed by atoms with Gasteiger partial charge in [-0.2, -0.15) is 0 Å². The zero-order chi connectivity index (χ0) is 17.4. The molecule has 1 aliphatic heterocycles. The van der Waals surface area contributed by atoms with Crippen LogP contribution in [0.5, 0.6) is 5.75 Å². The predicted octanol–water partition coefficient (Wildman–Crippen LogP) is 3.63. The number of para-hydroxylation sites is 1. The highest BCUT2D eigenvalue weighted by molar-refractivity contribution is 5.87. The van der Waals surface area contributed by atoms with Crippen molar-refractivity contribution in [3.8, 4) is 5.75 Å². The van der Waals surface area contributed by atoms with Crippen LogP contribution in [0.2, 0.25) is 0 Å². The van der Waals surface area contributed by atoms with Crippen molar-refractivity contribution in [3.05, 3.63) is 58.8 Å². The van der Waals surface area contributed by atoms with Crippen LogP contribution in [0.3, 0.4) is 0 Å². The number of aromatic nitrogens is 1. The number of hydrogen-bond donors (Lipinski definition) is 1. The summed E-state index contributed by atoms with van der Waals surface area (Å²) in [6.45, 7) is 4.68. The molecule has 0 saturated carbocycles. The summed E-state index contributed by atoms with van der Waals surface area (Å²) in [5.74, 6) is 0.784. The van der Waals surface area contributed by atoms with Gasteiger partial charge in [-0.15, -0.1) is 0 Å². The molecule has 4 rings (SSSR count). The number of aryl methyl sites for hydroxylation is 2. The summed E-state index contributed by atoms with van der Waals surface area (Å²) in [6, 6.07) is 11.8. The first-order valence-electron chi connectivity index (χ1n) is 8.48. The second-order valence-electron chi connectivity index (χ2n) is 6.53. The van der Waals surface area contributed by atoms with Gasteiger partial charge in [-0.25, -0.2) is 0 Å². The Kier molecular flexibility index (Phi) is 3.92. The van der Waals surface area contributed by atoms with Crippen molar-refractivity contribution in [1.82, 2.24) is 10.5 Å². The van der Waals surface area contributed by atoms with Gasteiger partial charge in [0.2, 0.25) is 5.91 Å². The van der Waals surface area contributed by atoms with E-state index in [0.29, 0.717) is 12.3 Å². The van der Waals surface area contributed by atoms with Crippen LogP contribution in [0.15, 0.2) is 40.9 Å². The Hall–Kier alpha value is -2.82. The van der Waals surface area contributed by atoms with E-state index in [1.54, 1.807) is 0 Å². The molecule has 0 radical (unpaired) electrons. The van der Waals surface area contributed by atoms with E-state index < -0.39 is 0 Å². The molecular weight excluding hydrogens is 316 g/mol. The van der Waals surface area contributed by atoms with E-state index in [2.05, 4.69) is 10.5 Å². The molecule has 0 saturated heterocycles. The molecule has 0 spiro atoms. The van der Waals surface area contributed by atoms with Gasteiger partial charge in [0, 0.05) is 17.4 Å². The van der Waals surface area contributed by atoms with Crippen LogP contribution in [-0.2, 0) is 11.2 Å². The fourth-order valence-electron chi connectivity index (χ4n) is 3.26. The second-order valence-corrected chi connectivity index (χ2v) is 6.53. The fraction of sp³-hybridized carbons (Fsp3) is 0.300. The molecule has 0 aliphatic carbocycles. The van der Waals surface area contributed by atoms with E-state index in [9.17, 15) is 4.79 Å². The predicted molar refractivity (Wildman–Crippen MR) is 94.6 cm³/mol. The summed E-state index contributed by atoms with van der Waals surface area (Å²) < 4.78 is 11.0. The number of amides is 1. The summed E-state index contributed by atoms with van der Waals surface area (Å²) in [6.07, 6.45) is 0.968. The molecule has 2 heterocycles.